The van der Waals surface area contributed by atoms with Gasteiger partial charge >= 0.3 is 0 Å². The van der Waals surface area contributed by atoms with Gasteiger partial charge in [0.25, 0.3) is 0 Å². The Morgan fingerprint density at radius 3 is 1.75 bits per heavy atom. The minimum atomic E-state index is -0.879. The normalized spacial score (nSPS) is 8.04. The largest absolute Gasteiger partial charge is 0.366 e. The van der Waals surface area contributed by atoms with Crippen molar-refractivity contribution in [1.29, 1.82) is 0 Å². The van der Waals surface area contributed by atoms with Crippen LogP contribution in [0.5, 0.6) is 0 Å². The van der Waals surface area contributed by atoms with Crippen molar-refractivity contribution in [2.24, 2.45) is 22.0 Å². The number of hydrogen-bond donors (Lipinski definition) is 5. The highest BCUT2D eigenvalue weighted by molar-refractivity contribution is 6.00. The van der Waals surface area contributed by atoms with E-state index in [0.717, 1.165) is 55.9 Å². The van der Waals surface area contributed by atoms with E-state index in [4.69, 9.17) is 21.7 Å². The molecule has 0 radical (unpaired) electrons. The van der Waals surface area contributed by atoms with Crippen molar-refractivity contribution < 1.29 is 28.6 Å². The zero-order valence-electron chi connectivity index (χ0n) is 36.6. The number of anilines is 1. The molecule has 0 atom stereocenters. The number of nitrogens with one attached hydrogen (secondary N) is 3. The number of aromatic amines is 1. The van der Waals surface area contributed by atoms with E-state index >= 15 is 0 Å². The van der Waals surface area contributed by atoms with Crippen LogP contribution in [0.3, 0.4) is 0 Å². The summed E-state index contributed by atoms with van der Waals surface area (Å²) < 4.78 is 5.43. The molecule has 7 N–H and O–H groups in total. The number of primary amides is 1. The van der Waals surface area contributed by atoms with E-state index in [-0.39, 0.29) is 14.3 Å². The fraction of sp³-hybridized carbons (Fsp3) is 0.0926. The van der Waals surface area contributed by atoms with Gasteiger partial charge in [-0.3, -0.25) is 10.6 Å². The number of terminal acetylenes is 1. The summed E-state index contributed by atoms with van der Waals surface area (Å²) in [7, 11) is 0. The average Bonchev–Trinajstić information content (AvgIpc) is 3.92. The lowest BCUT2D eigenvalue weighted by Crippen LogP contribution is -2.13. The molecular weight excluding hydrogens is 853 g/mol. The second-order valence-electron chi connectivity index (χ2n) is 12.3. The van der Waals surface area contributed by atoms with Crippen molar-refractivity contribution in [2.75, 3.05) is 5.32 Å². The third kappa shape index (κ3) is 18.6. The molecule has 1 amide bonds. The number of imidazole rings is 1. The van der Waals surface area contributed by atoms with Gasteiger partial charge in [-0.25, -0.2) is 4.98 Å². The zero-order chi connectivity index (χ0) is 49.2. The van der Waals surface area contributed by atoms with Crippen LogP contribution in [0.2, 0.25) is 0 Å². The number of rotatable bonds is 8. The topological polar surface area (TPSA) is 216 Å². The Bertz CT molecular complexity index is 3620. The fourth-order valence-electron chi connectivity index (χ4n) is 5.11. The number of amides is 1. The van der Waals surface area contributed by atoms with Crippen LogP contribution in [0, 0.1) is 185 Å². The van der Waals surface area contributed by atoms with Gasteiger partial charge in [0.05, 0.1) is 27.0 Å². The van der Waals surface area contributed by atoms with Crippen LogP contribution >= 0.6 is 0 Å². The number of benzene rings is 3. The number of fused-ring (bicyclic) bond motifs is 1. The Morgan fingerprint density at radius 1 is 0.779 bits per heavy atom. The Morgan fingerprint density at radius 2 is 1.31 bits per heavy atom. The molecule has 0 spiro atoms. The van der Waals surface area contributed by atoms with Gasteiger partial charge < -0.3 is 30.7 Å². The average molecular weight is 905 g/mol. The maximum absolute atomic E-state index is 11.9. The lowest BCUT2D eigenvalue weighted by Gasteiger charge is -2.11. The van der Waals surface area contributed by atoms with Crippen molar-refractivity contribution in [2.45, 2.75) is 34.2 Å². The van der Waals surface area contributed by atoms with E-state index in [1.807, 2.05) is 51.1 Å². The third-order valence-electron chi connectivity index (χ3n) is 7.78. The molecule has 5 aromatic rings. The SMILES string of the molecule is C#CC#CC#CC#CC#CC#CC#CC#CC#CC#CC#CC#CC#CC.Cc1ccc(C(N)=O)cc1-c1cc(-c2c(C)noc2C)cc2[nH]c(NCc3ccccc3)nc12.NN=NN[N+](=O)[O-].[HH].[HH].[HH].[HH].[HH].[HH].[HH].[HH].[HH].[HH]. The van der Waals surface area contributed by atoms with E-state index in [1.54, 1.807) is 13.0 Å². The van der Waals surface area contributed by atoms with Crippen molar-refractivity contribution in [3.63, 3.8) is 0 Å². The van der Waals surface area contributed by atoms with Crippen LogP contribution in [-0.4, -0.2) is 26.1 Å². The molecular formula is C54H52N10O4. The lowest BCUT2D eigenvalue weighted by atomic mass is 9.93. The summed E-state index contributed by atoms with van der Waals surface area (Å²) in [6.45, 7) is 8.17. The minimum Gasteiger partial charge on any atom is -0.366 e. The molecule has 0 aliphatic heterocycles. The fourth-order valence-corrected chi connectivity index (χ4v) is 5.11. The minimum absolute atomic E-state index is 0. The van der Waals surface area contributed by atoms with Crippen molar-refractivity contribution in [1.82, 2.24) is 20.7 Å². The smallest absolute Gasteiger partial charge is 0.248 e. The first kappa shape index (κ1) is 50.8. The highest BCUT2D eigenvalue weighted by Crippen LogP contribution is 2.37. The molecule has 0 saturated heterocycles. The second kappa shape index (κ2) is 29.7. The Hall–Kier alpha value is -11.5. The zero-order valence-corrected chi connectivity index (χ0v) is 36.6. The molecule has 0 bridgehead atoms. The van der Waals surface area contributed by atoms with E-state index in [0.29, 0.717) is 18.1 Å². The van der Waals surface area contributed by atoms with Gasteiger partial charge in [-0.2, -0.15) is 0 Å². The summed E-state index contributed by atoms with van der Waals surface area (Å²) in [6.07, 6.45) is 4.91. The van der Waals surface area contributed by atoms with E-state index in [9.17, 15) is 14.9 Å². The van der Waals surface area contributed by atoms with Gasteiger partial charge in [-0.15, -0.1) is 6.42 Å². The molecule has 14 heteroatoms. The first-order chi connectivity index (χ1) is 33.1. The monoisotopic (exact) mass is 904 g/mol. The quantitative estimate of drug-likeness (QED) is 0.0339. The van der Waals surface area contributed by atoms with E-state index in [2.05, 4.69) is 204 Å². The van der Waals surface area contributed by atoms with E-state index in [1.165, 1.54) is 5.53 Å². The summed E-state index contributed by atoms with van der Waals surface area (Å²) in [4.78, 5) is 29.4. The maximum Gasteiger partial charge on any atom is 0.248 e. The number of aryl methyl sites for hydroxylation is 3. The van der Waals surface area contributed by atoms with Gasteiger partial charge in [0.1, 0.15) is 5.76 Å². The van der Waals surface area contributed by atoms with Crippen molar-refractivity contribution in [3.8, 4) is 177 Å². The molecule has 0 unspecified atom stereocenters. The molecule has 14 nitrogen and oxygen atoms in total. The number of aromatic nitrogens is 3. The molecule has 2 heterocycles. The highest BCUT2D eigenvalue weighted by atomic mass is 16.7. The van der Waals surface area contributed by atoms with Crippen LogP contribution < -0.4 is 22.4 Å². The van der Waals surface area contributed by atoms with Gasteiger partial charge in [0.15, 0.2) is 5.22 Å². The van der Waals surface area contributed by atoms with Crippen LogP contribution in [0.4, 0.5) is 5.95 Å². The molecule has 342 valence electrons. The van der Waals surface area contributed by atoms with Crippen molar-refractivity contribution in [3.05, 3.63) is 98.9 Å². The van der Waals surface area contributed by atoms with Gasteiger partial charge in [-0.1, -0.05) is 47.5 Å². The number of nitro groups is 1. The third-order valence-corrected chi connectivity index (χ3v) is 7.78. The van der Waals surface area contributed by atoms with Crippen LogP contribution in [-0.2, 0) is 6.54 Å². The molecule has 0 aliphatic rings. The highest BCUT2D eigenvalue weighted by Gasteiger charge is 2.19. The lowest BCUT2D eigenvalue weighted by molar-refractivity contribution is -0.546. The number of nitrogens with zero attached hydrogens (tertiary/aromatic N) is 5. The number of hydrazine groups is 1. The molecule has 0 saturated carbocycles. The van der Waals surface area contributed by atoms with Crippen LogP contribution in [0.1, 0.15) is 54.1 Å². The summed E-state index contributed by atoms with van der Waals surface area (Å²) >= 11 is 0. The molecule has 3 aromatic carbocycles. The van der Waals surface area contributed by atoms with Crippen LogP contribution in [0.25, 0.3) is 33.3 Å². The van der Waals surface area contributed by atoms with Gasteiger partial charge in [0, 0.05) is 90.4 Å². The molecule has 68 heavy (non-hydrogen) atoms. The Labute approximate surface area is 408 Å². The summed E-state index contributed by atoms with van der Waals surface area (Å²) in [5, 5.41) is 21.0. The predicted molar refractivity (Wildman–Crippen MR) is 282 cm³/mol. The summed E-state index contributed by atoms with van der Waals surface area (Å²) in [5.41, 5.74) is 15.7. The Kier molecular flexibility index (Phi) is 22.2. The molecule has 2 aromatic heterocycles. The standard InChI is InChI=1S/C27H25N5O2.C27H4.H3N5O2.10H2/c1-15-9-10-19(26(28)33)11-21(15)22-12-20(24-16(2)32-34-17(24)3)13-23-25(22)31-27(30-23)29-14-18-7-5-4-6-8-18;1-3-5-7-9-11-13-15-17-19-21-23-25-27-26-24-22-20-18-16-14-12-10-8-6-4-2;1-2-3-4-5(6)7;;;;;;;;;;/h4-13H,14H2,1-3H3,(H2,28,33)(H2,29,30,31);1H,2H3;(H2,1,3)(H,2,4);10*1H. The van der Waals surface area contributed by atoms with Gasteiger partial charge in [-0.05, 0) is 169 Å². The van der Waals surface area contributed by atoms with Gasteiger partial charge in [0.2, 0.25) is 11.9 Å². The van der Waals surface area contributed by atoms with Crippen molar-refractivity contribution >= 4 is 22.9 Å². The predicted octanol–water partition coefficient (Wildman–Crippen LogP) is 7.67. The number of nitrogens with two attached hydrogens (primary N) is 2. The number of carbonyl (C=O) groups is 1. The number of hydrogen-bond acceptors (Lipinski definition) is 9. The Balaban J connectivity index is -0.000000170. The molecule has 5 rings (SSSR count). The molecule has 0 fully saturated rings. The maximum atomic E-state index is 11.9. The molecule has 0 aliphatic carbocycles. The van der Waals surface area contributed by atoms with Crippen LogP contribution in [0.15, 0.2) is 75.6 Å². The summed E-state index contributed by atoms with van der Waals surface area (Å²) in [5.74, 6) is 67.2. The first-order valence-corrected chi connectivity index (χ1v) is 19.1. The summed E-state index contributed by atoms with van der Waals surface area (Å²) in [6, 6.07) is 19.8. The first-order valence-electron chi connectivity index (χ1n) is 19.1. The number of H-pyrrole nitrogens is 1. The number of carbonyl (C=O) groups excluding carboxylic acids is 1. The van der Waals surface area contributed by atoms with E-state index < -0.39 is 10.9 Å². The second-order valence-corrected chi connectivity index (χ2v) is 12.3.